The number of imidazole rings is 1. The molecular formula is C28H30ClN3O2. The van der Waals surface area contributed by atoms with Crippen LogP contribution in [0, 0.1) is 13.8 Å². The summed E-state index contributed by atoms with van der Waals surface area (Å²) in [7, 11) is 0. The van der Waals surface area contributed by atoms with Crippen LogP contribution in [0.3, 0.4) is 0 Å². The Hall–Kier alpha value is -3.31. The van der Waals surface area contributed by atoms with Gasteiger partial charge in [-0.25, -0.2) is 4.98 Å². The summed E-state index contributed by atoms with van der Waals surface area (Å²) in [6.07, 6.45) is 1.86. The molecule has 0 saturated heterocycles. The molecule has 4 aromatic rings. The van der Waals surface area contributed by atoms with E-state index in [4.69, 9.17) is 21.3 Å². The maximum absolute atomic E-state index is 12.3. The summed E-state index contributed by atoms with van der Waals surface area (Å²) in [6.45, 7) is 5.99. The fourth-order valence-corrected chi connectivity index (χ4v) is 4.23. The average molecular weight is 476 g/mol. The van der Waals surface area contributed by atoms with Crippen molar-refractivity contribution in [3.05, 3.63) is 94.3 Å². The van der Waals surface area contributed by atoms with Gasteiger partial charge in [-0.15, -0.1) is 0 Å². The van der Waals surface area contributed by atoms with E-state index in [0.717, 1.165) is 46.6 Å². The highest BCUT2D eigenvalue weighted by atomic mass is 35.5. The number of aryl methyl sites for hydroxylation is 3. The summed E-state index contributed by atoms with van der Waals surface area (Å²) < 4.78 is 8.33. The predicted octanol–water partition coefficient (Wildman–Crippen LogP) is 5.68. The quantitative estimate of drug-likeness (QED) is 0.300. The van der Waals surface area contributed by atoms with Crippen molar-refractivity contribution in [2.45, 2.75) is 39.7 Å². The van der Waals surface area contributed by atoms with Gasteiger partial charge in [-0.2, -0.15) is 0 Å². The Morgan fingerprint density at radius 3 is 2.71 bits per heavy atom. The largest absolute Gasteiger partial charge is 0.491 e. The Balaban J connectivity index is 1.34. The van der Waals surface area contributed by atoms with Crippen LogP contribution in [0.15, 0.2) is 66.7 Å². The molecule has 1 heterocycles. The molecule has 1 N–H and O–H groups in total. The van der Waals surface area contributed by atoms with Crippen LogP contribution < -0.4 is 10.1 Å². The summed E-state index contributed by atoms with van der Waals surface area (Å²) in [5.41, 5.74) is 5.24. The number of aromatic nitrogens is 2. The molecule has 176 valence electrons. The third-order valence-corrected chi connectivity index (χ3v) is 6.23. The average Bonchev–Trinajstić information content (AvgIpc) is 3.18. The van der Waals surface area contributed by atoms with Crippen LogP contribution >= 0.6 is 11.6 Å². The van der Waals surface area contributed by atoms with Crippen molar-refractivity contribution in [3.63, 3.8) is 0 Å². The minimum atomic E-state index is -0.0245. The third kappa shape index (κ3) is 5.97. The van der Waals surface area contributed by atoms with E-state index in [2.05, 4.69) is 48.0 Å². The van der Waals surface area contributed by atoms with Crippen LogP contribution in [-0.2, 0) is 24.2 Å². The molecule has 0 aliphatic carbocycles. The fraction of sp³-hybridized carbons (Fsp3) is 0.286. The van der Waals surface area contributed by atoms with Crippen molar-refractivity contribution in [2.75, 3.05) is 13.2 Å². The van der Waals surface area contributed by atoms with Gasteiger partial charge in [0, 0.05) is 18.0 Å². The van der Waals surface area contributed by atoms with E-state index >= 15 is 0 Å². The molecule has 1 aromatic heterocycles. The predicted molar refractivity (Wildman–Crippen MR) is 138 cm³/mol. The first kappa shape index (κ1) is 23.8. The zero-order valence-corrected chi connectivity index (χ0v) is 20.4. The second-order valence-electron chi connectivity index (χ2n) is 8.51. The molecule has 4 rings (SSSR count). The maximum Gasteiger partial charge on any atom is 0.224 e. The zero-order chi connectivity index (χ0) is 23.9. The number of carbonyl (C=O) groups is 1. The first-order valence-electron chi connectivity index (χ1n) is 11.7. The molecule has 0 bridgehead atoms. The molecule has 0 aliphatic rings. The van der Waals surface area contributed by atoms with Crippen molar-refractivity contribution in [2.24, 2.45) is 0 Å². The van der Waals surface area contributed by atoms with Crippen LogP contribution in [0.2, 0.25) is 5.02 Å². The number of hydrogen-bond donors (Lipinski definition) is 1. The lowest BCUT2D eigenvalue weighted by molar-refractivity contribution is -0.120. The van der Waals surface area contributed by atoms with Gasteiger partial charge in [0.2, 0.25) is 5.91 Å². The number of rotatable bonds is 10. The second-order valence-corrected chi connectivity index (χ2v) is 8.91. The normalized spacial score (nSPS) is 11.0. The van der Waals surface area contributed by atoms with Crippen LogP contribution in [0.5, 0.6) is 5.75 Å². The highest BCUT2D eigenvalue weighted by Crippen LogP contribution is 2.21. The van der Waals surface area contributed by atoms with E-state index in [1.54, 1.807) is 6.07 Å². The minimum absolute atomic E-state index is 0.0245. The van der Waals surface area contributed by atoms with Gasteiger partial charge in [0.1, 0.15) is 18.2 Å². The Labute approximate surface area is 205 Å². The summed E-state index contributed by atoms with van der Waals surface area (Å²) in [5.74, 6) is 1.90. The number of carbonyl (C=O) groups excluding carboxylic acids is 1. The minimum Gasteiger partial charge on any atom is -0.491 e. The van der Waals surface area contributed by atoms with E-state index < -0.39 is 0 Å². The number of hydrogen-bond acceptors (Lipinski definition) is 3. The van der Waals surface area contributed by atoms with Gasteiger partial charge < -0.3 is 14.6 Å². The SMILES string of the molecule is Cc1ccc(C)c(OCCn2c(CCCNC(=O)Cc3ccccc3Cl)nc3ccccc32)c1. The van der Waals surface area contributed by atoms with Gasteiger partial charge in [-0.3, -0.25) is 4.79 Å². The Morgan fingerprint density at radius 1 is 1.06 bits per heavy atom. The van der Waals surface area contributed by atoms with E-state index in [9.17, 15) is 4.79 Å². The molecule has 34 heavy (non-hydrogen) atoms. The molecule has 0 aliphatic heterocycles. The van der Waals surface area contributed by atoms with Crippen molar-refractivity contribution < 1.29 is 9.53 Å². The molecule has 6 heteroatoms. The van der Waals surface area contributed by atoms with Gasteiger partial charge in [0.15, 0.2) is 0 Å². The lowest BCUT2D eigenvalue weighted by Crippen LogP contribution is -2.26. The monoisotopic (exact) mass is 475 g/mol. The molecule has 0 fully saturated rings. The third-order valence-electron chi connectivity index (χ3n) is 5.86. The van der Waals surface area contributed by atoms with Gasteiger partial charge in [0.25, 0.3) is 0 Å². The summed E-state index contributed by atoms with van der Waals surface area (Å²) in [5, 5.41) is 3.62. The van der Waals surface area contributed by atoms with E-state index in [1.165, 1.54) is 5.56 Å². The second kappa shape index (κ2) is 11.2. The molecule has 0 radical (unpaired) electrons. The van der Waals surface area contributed by atoms with Crippen LogP contribution in [0.1, 0.15) is 28.9 Å². The van der Waals surface area contributed by atoms with Gasteiger partial charge >= 0.3 is 0 Å². The lowest BCUT2D eigenvalue weighted by atomic mass is 10.1. The standard InChI is InChI=1S/C28H30ClN3O2/c1-20-13-14-21(2)26(18-20)34-17-16-32-25-11-6-5-10-24(25)31-27(32)12-7-15-30-28(33)19-22-8-3-4-9-23(22)29/h3-6,8-11,13-14,18H,7,12,15-17,19H2,1-2H3,(H,30,33). The Morgan fingerprint density at radius 2 is 1.85 bits per heavy atom. The van der Waals surface area contributed by atoms with E-state index in [1.807, 2.05) is 36.4 Å². The van der Waals surface area contributed by atoms with Crippen molar-refractivity contribution >= 4 is 28.5 Å². The van der Waals surface area contributed by atoms with Crippen LogP contribution in [-0.4, -0.2) is 28.6 Å². The maximum atomic E-state index is 12.3. The Bertz CT molecular complexity index is 1280. The molecule has 1 amide bonds. The lowest BCUT2D eigenvalue weighted by Gasteiger charge is -2.13. The number of ether oxygens (including phenoxy) is 1. The highest BCUT2D eigenvalue weighted by Gasteiger charge is 2.12. The molecule has 0 atom stereocenters. The Kier molecular flexibility index (Phi) is 7.86. The van der Waals surface area contributed by atoms with Gasteiger partial charge in [-0.1, -0.05) is 54.1 Å². The van der Waals surface area contributed by atoms with Crippen molar-refractivity contribution in [3.8, 4) is 5.75 Å². The number of nitrogens with zero attached hydrogens (tertiary/aromatic N) is 2. The molecule has 5 nitrogen and oxygen atoms in total. The van der Waals surface area contributed by atoms with Gasteiger partial charge in [0.05, 0.1) is 24.0 Å². The zero-order valence-electron chi connectivity index (χ0n) is 19.7. The number of benzene rings is 3. The molecule has 0 spiro atoms. The first-order chi connectivity index (χ1) is 16.5. The van der Waals surface area contributed by atoms with E-state index in [-0.39, 0.29) is 12.3 Å². The van der Waals surface area contributed by atoms with E-state index in [0.29, 0.717) is 24.7 Å². The van der Waals surface area contributed by atoms with Gasteiger partial charge in [-0.05, 0) is 61.2 Å². The fourth-order valence-electron chi connectivity index (χ4n) is 4.03. The number of nitrogens with one attached hydrogen (secondary N) is 1. The number of fused-ring (bicyclic) bond motifs is 1. The smallest absolute Gasteiger partial charge is 0.224 e. The highest BCUT2D eigenvalue weighted by molar-refractivity contribution is 6.31. The number of halogens is 1. The summed E-state index contributed by atoms with van der Waals surface area (Å²) in [4.78, 5) is 17.1. The number of para-hydroxylation sites is 2. The van der Waals surface area contributed by atoms with Crippen LogP contribution in [0.25, 0.3) is 11.0 Å². The van der Waals surface area contributed by atoms with Crippen molar-refractivity contribution in [1.29, 1.82) is 0 Å². The molecule has 3 aromatic carbocycles. The molecular weight excluding hydrogens is 446 g/mol. The molecule has 0 unspecified atom stereocenters. The van der Waals surface area contributed by atoms with Crippen LogP contribution in [0.4, 0.5) is 0 Å². The summed E-state index contributed by atoms with van der Waals surface area (Å²) >= 11 is 6.16. The summed E-state index contributed by atoms with van der Waals surface area (Å²) in [6, 6.07) is 21.9. The topological polar surface area (TPSA) is 56.1 Å². The molecule has 0 saturated carbocycles. The first-order valence-corrected chi connectivity index (χ1v) is 12.0. The number of amides is 1. The van der Waals surface area contributed by atoms with Crippen molar-refractivity contribution in [1.82, 2.24) is 14.9 Å².